The van der Waals surface area contributed by atoms with Gasteiger partial charge in [-0.2, -0.15) is 0 Å². The zero-order chi connectivity index (χ0) is 26.4. The Bertz CT molecular complexity index is 1190. The number of thiophene rings is 1. The van der Waals surface area contributed by atoms with Gasteiger partial charge in [0.25, 0.3) is 5.91 Å². The van der Waals surface area contributed by atoms with Crippen LogP contribution in [0.2, 0.25) is 0 Å². The summed E-state index contributed by atoms with van der Waals surface area (Å²) < 4.78 is 11.5. The van der Waals surface area contributed by atoms with E-state index in [0.29, 0.717) is 36.1 Å². The zero-order valence-corrected chi connectivity index (χ0v) is 23.0. The van der Waals surface area contributed by atoms with Crippen molar-refractivity contribution in [2.75, 3.05) is 47.4 Å². The number of likely N-dealkylation sites (tertiary alicyclic amines) is 1. The average Bonchev–Trinajstić information content (AvgIpc) is 3.41. The van der Waals surface area contributed by atoms with Crippen LogP contribution in [0.15, 0.2) is 42.0 Å². The van der Waals surface area contributed by atoms with Gasteiger partial charge in [-0.3, -0.25) is 9.78 Å². The van der Waals surface area contributed by atoms with Crippen molar-refractivity contribution in [3.8, 4) is 33.3 Å². The molecule has 1 aliphatic rings. The van der Waals surface area contributed by atoms with Gasteiger partial charge in [0.05, 0.1) is 47.9 Å². The first kappa shape index (κ1) is 27.0. The van der Waals surface area contributed by atoms with Crippen LogP contribution < -0.4 is 15.2 Å². The molecule has 1 atom stereocenters. The summed E-state index contributed by atoms with van der Waals surface area (Å²) in [4.78, 5) is 27.7. The van der Waals surface area contributed by atoms with Crippen LogP contribution in [0.4, 0.5) is 0 Å². The molecule has 0 spiro atoms. The maximum Gasteiger partial charge on any atom is 0.257 e. The maximum atomic E-state index is 13.3. The third-order valence-electron chi connectivity index (χ3n) is 7.03. The van der Waals surface area contributed by atoms with Crippen LogP contribution in [-0.4, -0.2) is 79.2 Å². The average molecular weight is 524 g/mol. The Morgan fingerprint density at radius 2 is 2.00 bits per heavy atom. The van der Waals surface area contributed by atoms with Gasteiger partial charge in [-0.05, 0) is 64.0 Å². The maximum absolute atomic E-state index is 13.3. The third kappa shape index (κ3) is 6.66. The molecule has 0 aliphatic carbocycles. The molecule has 37 heavy (non-hydrogen) atoms. The number of nitrogens with two attached hydrogens (primary N) is 1. The lowest BCUT2D eigenvalue weighted by Gasteiger charge is -2.35. The summed E-state index contributed by atoms with van der Waals surface area (Å²) in [6.45, 7) is 5.42. The van der Waals surface area contributed by atoms with E-state index < -0.39 is 0 Å². The van der Waals surface area contributed by atoms with E-state index in [1.54, 1.807) is 30.8 Å². The number of methoxy groups -OCH3 is 1. The molecule has 1 aliphatic heterocycles. The molecule has 4 rings (SSSR count). The standard InChI is InChI=1S/C28H37N5O3S/c1-19(15-29)9-12-36-22-14-27(37-18-22)25-17-30-16-24(31-25)20-5-6-23(26(13-20)35-4)28(34)33(3)21-7-10-32(2)11-8-21/h5-6,13-14,16-19,21H,7-12,15,29H2,1-4H3/t19-/m0/s1. The smallest absolute Gasteiger partial charge is 0.257 e. The monoisotopic (exact) mass is 523 g/mol. The predicted molar refractivity (Wildman–Crippen MR) is 148 cm³/mol. The molecule has 0 radical (unpaired) electrons. The molecule has 1 saturated heterocycles. The van der Waals surface area contributed by atoms with E-state index in [9.17, 15) is 4.79 Å². The Balaban J connectivity index is 1.49. The highest BCUT2D eigenvalue weighted by molar-refractivity contribution is 7.13. The van der Waals surface area contributed by atoms with Gasteiger partial charge in [-0.1, -0.05) is 13.0 Å². The molecular formula is C28H37N5O3S. The minimum Gasteiger partial charge on any atom is -0.496 e. The number of amides is 1. The van der Waals surface area contributed by atoms with E-state index in [-0.39, 0.29) is 11.9 Å². The second-order valence-corrected chi connectivity index (χ2v) is 10.7. The van der Waals surface area contributed by atoms with E-state index in [1.165, 1.54) is 0 Å². The number of carbonyl (C=O) groups is 1. The molecule has 1 aromatic carbocycles. The molecule has 8 nitrogen and oxygen atoms in total. The number of hydrogen-bond acceptors (Lipinski definition) is 8. The molecule has 3 aromatic rings. The van der Waals surface area contributed by atoms with Crippen molar-refractivity contribution in [2.24, 2.45) is 11.7 Å². The van der Waals surface area contributed by atoms with Gasteiger partial charge in [-0.25, -0.2) is 4.98 Å². The summed E-state index contributed by atoms with van der Waals surface area (Å²) in [5, 5.41) is 1.99. The van der Waals surface area contributed by atoms with Gasteiger partial charge in [0, 0.05) is 30.1 Å². The molecule has 3 heterocycles. The van der Waals surface area contributed by atoms with Crippen LogP contribution in [0, 0.1) is 5.92 Å². The van der Waals surface area contributed by atoms with Crippen molar-refractivity contribution in [2.45, 2.75) is 32.2 Å². The minimum atomic E-state index is -0.0234. The lowest BCUT2D eigenvalue weighted by Crippen LogP contribution is -2.44. The van der Waals surface area contributed by atoms with Gasteiger partial charge in [0.2, 0.25) is 0 Å². The molecule has 0 saturated carbocycles. The summed E-state index contributed by atoms with van der Waals surface area (Å²) in [6.07, 6.45) is 6.35. The molecule has 0 unspecified atom stereocenters. The fourth-order valence-corrected chi connectivity index (χ4v) is 5.20. The van der Waals surface area contributed by atoms with Gasteiger partial charge >= 0.3 is 0 Å². The molecule has 2 aromatic heterocycles. The first-order chi connectivity index (χ1) is 17.9. The Kier molecular flexibility index (Phi) is 9.13. The third-order valence-corrected chi connectivity index (χ3v) is 7.96. The van der Waals surface area contributed by atoms with Crippen LogP contribution in [0.25, 0.3) is 21.8 Å². The molecule has 9 heteroatoms. The van der Waals surface area contributed by atoms with Crippen LogP contribution in [-0.2, 0) is 0 Å². The van der Waals surface area contributed by atoms with E-state index >= 15 is 0 Å². The Hall–Kier alpha value is -3.01. The largest absolute Gasteiger partial charge is 0.496 e. The topological polar surface area (TPSA) is 93.8 Å². The summed E-state index contributed by atoms with van der Waals surface area (Å²) >= 11 is 1.57. The quantitative estimate of drug-likeness (QED) is 0.421. The van der Waals surface area contributed by atoms with Crippen LogP contribution in [0.3, 0.4) is 0 Å². The number of benzene rings is 1. The number of aromatic nitrogens is 2. The van der Waals surface area contributed by atoms with E-state index in [2.05, 4.69) is 23.9 Å². The normalized spacial score (nSPS) is 15.4. The van der Waals surface area contributed by atoms with Crippen LogP contribution in [0.1, 0.15) is 36.5 Å². The number of nitrogens with zero attached hydrogens (tertiary/aromatic N) is 4. The lowest BCUT2D eigenvalue weighted by molar-refractivity contribution is 0.0656. The number of hydrogen-bond donors (Lipinski definition) is 1. The second-order valence-electron chi connectivity index (χ2n) is 9.78. The van der Waals surface area contributed by atoms with Crippen LogP contribution in [0.5, 0.6) is 11.5 Å². The Morgan fingerprint density at radius 1 is 1.24 bits per heavy atom. The summed E-state index contributed by atoms with van der Waals surface area (Å²) in [5.74, 6) is 1.78. The van der Waals surface area contributed by atoms with Gasteiger partial charge in [-0.15, -0.1) is 11.3 Å². The van der Waals surface area contributed by atoms with Gasteiger partial charge in [0.15, 0.2) is 0 Å². The van der Waals surface area contributed by atoms with Crippen molar-refractivity contribution in [1.82, 2.24) is 19.8 Å². The zero-order valence-electron chi connectivity index (χ0n) is 22.1. The second kappa shape index (κ2) is 12.5. The van der Waals surface area contributed by atoms with Crippen molar-refractivity contribution in [3.63, 3.8) is 0 Å². The van der Waals surface area contributed by atoms with Crippen LogP contribution >= 0.6 is 11.3 Å². The number of ether oxygens (including phenoxy) is 2. The number of piperidine rings is 1. The molecule has 2 N–H and O–H groups in total. The predicted octanol–water partition coefficient (Wildman–Crippen LogP) is 4.41. The highest BCUT2D eigenvalue weighted by atomic mass is 32.1. The number of carbonyl (C=O) groups excluding carboxylic acids is 1. The fourth-order valence-electron chi connectivity index (χ4n) is 4.41. The Morgan fingerprint density at radius 3 is 2.73 bits per heavy atom. The minimum absolute atomic E-state index is 0.0234. The summed E-state index contributed by atoms with van der Waals surface area (Å²) in [5.41, 5.74) is 8.57. The first-order valence-corrected chi connectivity index (χ1v) is 13.7. The van der Waals surface area contributed by atoms with Crippen molar-refractivity contribution >= 4 is 17.2 Å². The molecule has 1 fully saturated rings. The summed E-state index contributed by atoms with van der Waals surface area (Å²) in [7, 11) is 5.60. The fraction of sp³-hybridized carbons (Fsp3) is 0.464. The molecular weight excluding hydrogens is 486 g/mol. The highest BCUT2D eigenvalue weighted by Gasteiger charge is 2.26. The SMILES string of the molecule is COc1cc(-c2cncc(-c3cc(OCC[C@H](C)CN)cs3)n2)ccc1C(=O)N(C)C1CCN(C)CC1. The molecule has 1 amide bonds. The molecule has 0 bridgehead atoms. The van der Waals surface area contributed by atoms with Gasteiger partial charge in [0.1, 0.15) is 11.5 Å². The first-order valence-electron chi connectivity index (χ1n) is 12.8. The van der Waals surface area contributed by atoms with Crippen molar-refractivity contribution in [3.05, 3.63) is 47.6 Å². The summed E-state index contributed by atoms with van der Waals surface area (Å²) in [6, 6.07) is 7.83. The van der Waals surface area contributed by atoms with Crippen molar-refractivity contribution in [1.29, 1.82) is 0 Å². The van der Waals surface area contributed by atoms with Crippen molar-refractivity contribution < 1.29 is 14.3 Å². The highest BCUT2D eigenvalue weighted by Crippen LogP contribution is 2.32. The van der Waals surface area contributed by atoms with Gasteiger partial charge < -0.3 is 25.0 Å². The lowest BCUT2D eigenvalue weighted by atomic mass is 10.0. The van der Waals surface area contributed by atoms with E-state index in [1.807, 2.05) is 41.6 Å². The Labute approximate surface area is 223 Å². The van der Waals surface area contributed by atoms with E-state index in [4.69, 9.17) is 20.2 Å². The molecule has 198 valence electrons. The number of rotatable bonds is 10. The van der Waals surface area contributed by atoms with E-state index in [0.717, 1.165) is 54.2 Å².